The summed E-state index contributed by atoms with van der Waals surface area (Å²) in [7, 11) is 2.20. The molecule has 0 radical (unpaired) electrons. The second-order valence-electron chi connectivity index (χ2n) is 5.04. The highest BCUT2D eigenvalue weighted by Crippen LogP contribution is 2.41. The Labute approximate surface area is 86.7 Å². The van der Waals surface area contributed by atoms with E-state index in [0.29, 0.717) is 5.92 Å². The molecule has 1 nitrogen and oxygen atoms in total. The minimum Gasteiger partial charge on any atom is -0.369 e. The molecule has 2 rings (SSSR count). The highest BCUT2D eigenvalue weighted by molar-refractivity contribution is 5.58. The van der Waals surface area contributed by atoms with Gasteiger partial charge in [0.25, 0.3) is 0 Å². The van der Waals surface area contributed by atoms with Gasteiger partial charge in [0.1, 0.15) is 0 Å². The van der Waals surface area contributed by atoms with Gasteiger partial charge in [-0.1, -0.05) is 25.1 Å². The summed E-state index contributed by atoms with van der Waals surface area (Å²) in [6.45, 7) is 6.96. The lowest BCUT2D eigenvalue weighted by Crippen LogP contribution is -2.45. The van der Waals surface area contributed by atoms with Gasteiger partial charge in [-0.2, -0.15) is 0 Å². The Bertz CT molecular complexity index is 341. The molecule has 1 unspecified atom stereocenters. The van der Waals surface area contributed by atoms with Crippen molar-refractivity contribution in [1.29, 1.82) is 0 Å². The molecule has 1 heterocycles. The SMILES string of the molecule is CC1CC(C)(C)N(C)c2ccccc21. The van der Waals surface area contributed by atoms with E-state index in [9.17, 15) is 0 Å². The molecule has 14 heavy (non-hydrogen) atoms. The Morgan fingerprint density at radius 3 is 2.64 bits per heavy atom. The Morgan fingerprint density at radius 1 is 1.29 bits per heavy atom. The van der Waals surface area contributed by atoms with Crippen LogP contribution in [-0.2, 0) is 0 Å². The summed E-state index contributed by atoms with van der Waals surface area (Å²) in [6, 6.07) is 8.75. The molecule has 0 bridgehead atoms. The number of benzene rings is 1. The van der Waals surface area contributed by atoms with Crippen molar-refractivity contribution in [3.05, 3.63) is 29.8 Å². The van der Waals surface area contributed by atoms with Gasteiger partial charge >= 0.3 is 0 Å². The zero-order valence-corrected chi connectivity index (χ0v) is 9.54. The zero-order chi connectivity index (χ0) is 10.3. The molecule has 0 fully saturated rings. The maximum atomic E-state index is 2.41. The summed E-state index contributed by atoms with van der Waals surface area (Å²) in [5.41, 5.74) is 3.18. The fourth-order valence-electron chi connectivity index (χ4n) is 2.53. The van der Waals surface area contributed by atoms with Gasteiger partial charge in [-0.25, -0.2) is 0 Å². The van der Waals surface area contributed by atoms with Gasteiger partial charge in [0.2, 0.25) is 0 Å². The molecule has 1 heteroatoms. The molecule has 0 aromatic heterocycles. The summed E-state index contributed by atoms with van der Waals surface area (Å²) >= 11 is 0. The standard InChI is InChI=1S/C13H19N/c1-10-9-13(2,3)14(4)12-8-6-5-7-11(10)12/h5-8,10H,9H2,1-4H3. The van der Waals surface area contributed by atoms with Gasteiger partial charge in [-0.15, -0.1) is 0 Å². The Hall–Kier alpha value is -0.980. The van der Waals surface area contributed by atoms with E-state index in [1.165, 1.54) is 17.7 Å². The Balaban J connectivity index is 2.52. The van der Waals surface area contributed by atoms with Crippen molar-refractivity contribution in [1.82, 2.24) is 0 Å². The number of fused-ring (bicyclic) bond motifs is 1. The van der Waals surface area contributed by atoms with Crippen LogP contribution in [0.4, 0.5) is 5.69 Å². The number of hydrogen-bond acceptors (Lipinski definition) is 1. The van der Waals surface area contributed by atoms with Gasteiger partial charge in [-0.3, -0.25) is 0 Å². The third kappa shape index (κ3) is 1.31. The van der Waals surface area contributed by atoms with Crippen molar-refractivity contribution in [2.75, 3.05) is 11.9 Å². The van der Waals surface area contributed by atoms with Crippen LogP contribution in [0.5, 0.6) is 0 Å². The lowest BCUT2D eigenvalue weighted by atomic mass is 9.80. The average Bonchev–Trinajstić information content (AvgIpc) is 2.14. The van der Waals surface area contributed by atoms with Gasteiger partial charge in [-0.05, 0) is 37.8 Å². The summed E-state index contributed by atoms with van der Waals surface area (Å²) in [6.07, 6.45) is 1.24. The predicted molar refractivity (Wildman–Crippen MR) is 62.0 cm³/mol. The summed E-state index contributed by atoms with van der Waals surface area (Å²) < 4.78 is 0. The van der Waals surface area contributed by atoms with Gasteiger partial charge in [0, 0.05) is 18.3 Å². The van der Waals surface area contributed by atoms with Crippen LogP contribution in [0.15, 0.2) is 24.3 Å². The third-order valence-corrected chi connectivity index (χ3v) is 3.54. The van der Waals surface area contributed by atoms with Crippen LogP contribution in [0, 0.1) is 0 Å². The van der Waals surface area contributed by atoms with E-state index in [-0.39, 0.29) is 5.54 Å². The number of anilines is 1. The van der Waals surface area contributed by atoms with Crippen LogP contribution >= 0.6 is 0 Å². The summed E-state index contributed by atoms with van der Waals surface area (Å²) in [5, 5.41) is 0. The van der Waals surface area contributed by atoms with Crippen molar-refractivity contribution < 1.29 is 0 Å². The molecule has 1 aliphatic rings. The first-order chi connectivity index (χ1) is 6.52. The molecule has 1 aromatic rings. The molecular formula is C13H19N. The van der Waals surface area contributed by atoms with Crippen molar-refractivity contribution in [3.63, 3.8) is 0 Å². The first-order valence-electron chi connectivity index (χ1n) is 5.35. The fourth-order valence-corrected chi connectivity index (χ4v) is 2.53. The van der Waals surface area contributed by atoms with Gasteiger partial charge in [0.15, 0.2) is 0 Å². The van der Waals surface area contributed by atoms with E-state index in [1.54, 1.807) is 0 Å². The summed E-state index contributed by atoms with van der Waals surface area (Å²) in [4.78, 5) is 2.41. The quantitative estimate of drug-likeness (QED) is 0.604. The number of hydrogen-bond donors (Lipinski definition) is 0. The molecule has 0 saturated carbocycles. The minimum absolute atomic E-state index is 0.285. The van der Waals surface area contributed by atoms with E-state index in [2.05, 4.69) is 57.0 Å². The Morgan fingerprint density at radius 2 is 1.93 bits per heavy atom. The van der Waals surface area contributed by atoms with Gasteiger partial charge in [0.05, 0.1) is 0 Å². The largest absolute Gasteiger partial charge is 0.369 e. The molecule has 76 valence electrons. The molecule has 0 amide bonds. The molecule has 1 aliphatic heterocycles. The molecule has 1 atom stereocenters. The predicted octanol–water partition coefficient (Wildman–Crippen LogP) is 3.41. The lowest BCUT2D eigenvalue weighted by molar-refractivity contribution is 0.395. The van der Waals surface area contributed by atoms with Crippen LogP contribution < -0.4 is 4.90 Å². The molecule has 1 aromatic carbocycles. The zero-order valence-electron chi connectivity index (χ0n) is 9.54. The molecule has 0 saturated heterocycles. The highest BCUT2D eigenvalue weighted by Gasteiger charge is 2.33. The number of nitrogens with zero attached hydrogens (tertiary/aromatic N) is 1. The van der Waals surface area contributed by atoms with Crippen molar-refractivity contribution in [2.45, 2.75) is 38.6 Å². The van der Waals surface area contributed by atoms with Crippen molar-refractivity contribution >= 4 is 5.69 Å². The Kier molecular flexibility index (Phi) is 2.06. The van der Waals surface area contributed by atoms with E-state index in [4.69, 9.17) is 0 Å². The van der Waals surface area contributed by atoms with Crippen molar-refractivity contribution in [2.24, 2.45) is 0 Å². The molecular weight excluding hydrogens is 170 g/mol. The molecule has 0 N–H and O–H groups in total. The van der Waals surface area contributed by atoms with Crippen LogP contribution in [0.2, 0.25) is 0 Å². The van der Waals surface area contributed by atoms with Crippen LogP contribution in [0.1, 0.15) is 38.7 Å². The van der Waals surface area contributed by atoms with E-state index >= 15 is 0 Å². The topological polar surface area (TPSA) is 3.24 Å². The fraction of sp³-hybridized carbons (Fsp3) is 0.538. The maximum Gasteiger partial charge on any atom is 0.0403 e. The second-order valence-corrected chi connectivity index (χ2v) is 5.04. The van der Waals surface area contributed by atoms with E-state index < -0.39 is 0 Å². The monoisotopic (exact) mass is 189 g/mol. The lowest BCUT2D eigenvalue weighted by Gasteiger charge is -2.45. The molecule has 0 spiro atoms. The number of rotatable bonds is 0. The third-order valence-electron chi connectivity index (χ3n) is 3.54. The van der Waals surface area contributed by atoms with E-state index in [0.717, 1.165) is 0 Å². The highest BCUT2D eigenvalue weighted by atomic mass is 15.2. The minimum atomic E-state index is 0.285. The van der Waals surface area contributed by atoms with Crippen molar-refractivity contribution in [3.8, 4) is 0 Å². The first kappa shape index (κ1) is 9.57. The average molecular weight is 189 g/mol. The van der Waals surface area contributed by atoms with E-state index in [1.807, 2.05) is 0 Å². The van der Waals surface area contributed by atoms with Gasteiger partial charge < -0.3 is 4.90 Å². The number of para-hydroxylation sites is 1. The second kappa shape index (κ2) is 3.01. The smallest absolute Gasteiger partial charge is 0.0403 e. The maximum absolute atomic E-state index is 2.41. The normalized spacial score (nSPS) is 24.6. The van der Waals surface area contributed by atoms with Crippen LogP contribution in [0.25, 0.3) is 0 Å². The summed E-state index contributed by atoms with van der Waals surface area (Å²) in [5.74, 6) is 0.678. The van der Waals surface area contributed by atoms with Crippen LogP contribution in [-0.4, -0.2) is 12.6 Å². The first-order valence-corrected chi connectivity index (χ1v) is 5.35. The van der Waals surface area contributed by atoms with Crippen LogP contribution in [0.3, 0.4) is 0 Å². The molecule has 0 aliphatic carbocycles.